The van der Waals surface area contributed by atoms with Crippen LogP contribution < -0.4 is 11.1 Å². The molecule has 0 unspecified atom stereocenters. The Hall–Kier alpha value is -1.44. The summed E-state index contributed by atoms with van der Waals surface area (Å²) < 4.78 is 0. The molecule has 0 heterocycles. The molecule has 1 aromatic carbocycles. The topological polar surface area (TPSA) is 38.0 Å². The molecule has 0 bridgehead atoms. The highest BCUT2D eigenvalue weighted by molar-refractivity contribution is 5.58. The van der Waals surface area contributed by atoms with Crippen LogP contribution in [0.25, 0.3) is 0 Å². The van der Waals surface area contributed by atoms with Crippen LogP contribution in [0.15, 0.2) is 30.4 Å². The summed E-state index contributed by atoms with van der Waals surface area (Å²) in [6.45, 7) is 2.02. The van der Waals surface area contributed by atoms with Crippen molar-refractivity contribution >= 4 is 11.4 Å². The SMILES string of the molecule is Cc1ccc(NC2CC=CC2)cc1N. The minimum absolute atomic E-state index is 0.553. The first kappa shape index (κ1) is 9.13. The highest BCUT2D eigenvalue weighted by Crippen LogP contribution is 2.20. The van der Waals surface area contributed by atoms with Gasteiger partial charge >= 0.3 is 0 Å². The molecule has 0 fully saturated rings. The van der Waals surface area contributed by atoms with Crippen molar-refractivity contribution < 1.29 is 0 Å². The number of hydrogen-bond donors (Lipinski definition) is 2. The molecule has 0 radical (unpaired) electrons. The van der Waals surface area contributed by atoms with E-state index in [1.807, 2.05) is 13.0 Å². The number of rotatable bonds is 2. The lowest BCUT2D eigenvalue weighted by Crippen LogP contribution is -2.15. The van der Waals surface area contributed by atoms with E-state index in [1.54, 1.807) is 0 Å². The molecule has 1 aliphatic rings. The van der Waals surface area contributed by atoms with E-state index >= 15 is 0 Å². The molecule has 1 aromatic rings. The van der Waals surface area contributed by atoms with E-state index in [0.717, 1.165) is 29.8 Å². The summed E-state index contributed by atoms with van der Waals surface area (Å²) in [4.78, 5) is 0. The van der Waals surface area contributed by atoms with Crippen molar-refractivity contribution in [2.45, 2.75) is 25.8 Å². The maximum absolute atomic E-state index is 5.84. The Labute approximate surface area is 84.8 Å². The molecular formula is C12H16N2. The first-order chi connectivity index (χ1) is 6.75. The molecule has 0 saturated carbocycles. The molecule has 2 rings (SSSR count). The van der Waals surface area contributed by atoms with E-state index < -0.39 is 0 Å². The largest absolute Gasteiger partial charge is 0.398 e. The van der Waals surface area contributed by atoms with Gasteiger partial charge < -0.3 is 11.1 Å². The van der Waals surface area contributed by atoms with Crippen molar-refractivity contribution in [2.24, 2.45) is 0 Å². The normalized spacial score (nSPS) is 16.1. The predicted molar refractivity (Wildman–Crippen MR) is 61.4 cm³/mol. The van der Waals surface area contributed by atoms with Gasteiger partial charge in [0.15, 0.2) is 0 Å². The van der Waals surface area contributed by atoms with E-state index in [2.05, 4.69) is 29.6 Å². The molecule has 0 spiro atoms. The summed E-state index contributed by atoms with van der Waals surface area (Å²) in [6.07, 6.45) is 6.67. The zero-order chi connectivity index (χ0) is 9.97. The molecule has 0 saturated heterocycles. The number of benzene rings is 1. The lowest BCUT2D eigenvalue weighted by Gasteiger charge is -2.14. The van der Waals surface area contributed by atoms with Gasteiger partial charge in [-0.3, -0.25) is 0 Å². The third kappa shape index (κ3) is 1.90. The Morgan fingerprint density at radius 1 is 1.29 bits per heavy atom. The summed E-state index contributed by atoms with van der Waals surface area (Å²) in [5.74, 6) is 0. The number of aryl methyl sites for hydroxylation is 1. The number of anilines is 2. The fourth-order valence-corrected chi connectivity index (χ4v) is 1.70. The maximum Gasteiger partial charge on any atom is 0.0364 e. The van der Waals surface area contributed by atoms with Crippen LogP contribution in [0.1, 0.15) is 18.4 Å². The highest BCUT2D eigenvalue weighted by Gasteiger charge is 2.09. The first-order valence-electron chi connectivity index (χ1n) is 5.03. The van der Waals surface area contributed by atoms with Gasteiger partial charge in [-0.1, -0.05) is 18.2 Å². The van der Waals surface area contributed by atoms with Crippen LogP contribution in [0.3, 0.4) is 0 Å². The van der Waals surface area contributed by atoms with Crippen LogP contribution >= 0.6 is 0 Å². The maximum atomic E-state index is 5.84. The van der Waals surface area contributed by atoms with Gasteiger partial charge in [-0.05, 0) is 37.5 Å². The molecule has 2 heteroatoms. The van der Waals surface area contributed by atoms with Crippen molar-refractivity contribution in [3.05, 3.63) is 35.9 Å². The quantitative estimate of drug-likeness (QED) is 0.553. The van der Waals surface area contributed by atoms with Crippen LogP contribution in [-0.2, 0) is 0 Å². The Morgan fingerprint density at radius 2 is 2.00 bits per heavy atom. The number of hydrogen-bond acceptors (Lipinski definition) is 2. The third-order valence-corrected chi connectivity index (χ3v) is 2.66. The molecular weight excluding hydrogens is 172 g/mol. The van der Waals surface area contributed by atoms with E-state index in [-0.39, 0.29) is 0 Å². The van der Waals surface area contributed by atoms with Gasteiger partial charge in [0.2, 0.25) is 0 Å². The Morgan fingerprint density at radius 3 is 2.64 bits per heavy atom. The number of nitrogen functional groups attached to an aromatic ring is 1. The van der Waals surface area contributed by atoms with Gasteiger partial charge in [0, 0.05) is 17.4 Å². The average Bonchev–Trinajstić information content (AvgIpc) is 2.64. The third-order valence-electron chi connectivity index (χ3n) is 2.66. The Bertz CT molecular complexity index is 347. The molecule has 0 atom stereocenters. The van der Waals surface area contributed by atoms with E-state index in [9.17, 15) is 0 Å². The molecule has 1 aliphatic carbocycles. The van der Waals surface area contributed by atoms with Gasteiger partial charge in [-0.2, -0.15) is 0 Å². The van der Waals surface area contributed by atoms with Crippen molar-refractivity contribution in [1.29, 1.82) is 0 Å². The standard InChI is InChI=1S/C12H16N2/c1-9-6-7-11(8-12(9)13)14-10-4-2-3-5-10/h2-3,6-8,10,14H,4-5,13H2,1H3. The fourth-order valence-electron chi connectivity index (χ4n) is 1.70. The lowest BCUT2D eigenvalue weighted by atomic mass is 10.1. The molecule has 2 nitrogen and oxygen atoms in total. The van der Waals surface area contributed by atoms with Crippen LogP contribution in [0.2, 0.25) is 0 Å². The van der Waals surface area contributed by atoms with E-state index in [4.69, 9.17) is 5.73 Å². The molecule has 0 aromatic heterocycles. The van der Waals surface area contributed by atoms with E-state index in [1.165, 1.54) is 0 Å². The minimum Gasteiger partial charge on any atom is -0.398 e. The summed E-state index contributed by atoms with van der Waals surface area (Å²) >= 11 is 0. The fraction of sp³-hybridized carbons (Fsp3) is 0.333. The Balaban J connectivity index is 2.06. The van der Waals surface area contributed by atoms with E-state index in [0.29, 0.717) is 6.04 Å². The van der Waals surface area contributed by atoms with Gasteiger partial charge in [0.05, 0.1) is 0 Å². The van der Waals surface area contributed by atoms with Crippen molar-refractivity contribution in [3.63, 3.8) is 0 Å². The molecule has 0 amide bonds. The van der Waals surface area contributed by atoms with Crippen molar-refractivity contribution in [3.8, 4) is 0 Å². The summed E-state index contributed by atoms with van der Waals surface area (Å²) in [6, 6.07) is 6.70. The molecule has 14 heavy (non-hydrogen) atoms. The number of nitrogens with one attached hydrogen (secondary N) is 1. The molecule has 74 valence electrons. The zero-order valence-corrected chi connectivity index (χ0v) is 8.46. The monoisotopic (exact) mass is 188 g/mol. The number of nitrogens with two attached hydrogens (primary N) is 1. The zero-order valence-electron chi connectivity index (χ0n) is 8.46. The second kappa shape index (κ2) is 3.74. The van der Waals surface area contributed by atoms with Crippen LogP contribution in [0.5, 0.6) is 0 Å². The average molecular weight is 188 g/mol. The van der Waals surface area contributed by atoms with Gasteiger partial charge in [0.1, 0.15) is 0 Å². The van der Waals surface area contributed by atoms with Gasteiger partial charge in [-0.15, -0.1) is 0 Å². The van der Waals surface area contributed by atoms with Gasteiger partial charge in [0.25, 0.3) is 0 Å². The second-order valence-corrected chi connectivity index (χ2v) is 3.86. The summed E-state index contributed by atoms with van der Waals surface area (Å²) in [5, 5.41) is 3.47. The second-order valence-electron chi connectivity index (χ2n) is 3.86. The smallest absolute Gasteiger partial charge is 0.0364 e. The highest BCUT2D eigenvalue weighted by atomic mass is 14.9. The lowest BCUT2D eigenvalue weighted by molar-refractivity contribution is 0.787. The summed E-state index contributed by atoms with van der Waals surface area (Å²) in [5.41, 5.74) is 8.97. The van der Waals surface area contributed by atoms with Crippen molar-refractivity contribution in [2.75, 3.05) is 11.1 Å². The molecule has 0 aliphatic heterocycles. The Kier molecular flexibility index (Phi) is 2.44. The molecule has 3 N–H and O–H groups in total. The predicted octanol–water partition coefficient (Wildman–Crippen LogP) is 2.71. The van der Waals surface area contributed by atoms with Crippen LogP contribution in [0.4, 0.5) is 11.4 Å². The van der Waals surface area contributed by atoms with Crippen LogP contribution in [-0.4, -0.2) is 6.04 Å². The summed E-state index contributed by atoms with van der Waals surface area (Å²) in [7, 11) is 0. The first-order valence-corrected chi connectivity index (χ1v) is 5.03. The van der Waals surface area contributed by atoms with Gasteiger partial charge in [-0.25, -0.2) is 0 Å². The minimum atomic E-state index is 0.553. The van der Waals surface area contributed by atoms with Crippen LogP contribution in [0, 0.1) is 6.92 Å². The van der Waals surface area contributed by atoms with Crippen molar-refractivity contribution in [1.82, 2.24) is 0 Å².